The lowest BCUT2D eigenvalue weighted by atomic mass is 10.2. The lowest BCUT2D eigenvalue weighted by Gasteiger charge is -2.33. The number of carbonyl (C=O) groups excluding carboxylic acids is 1. The summed E-state index contributed by atoms with van der Waals surface area (Å²) in [7, 11) is 1.86. The highest BCUT2D eigenvalue weighted by molar-refractivity contribution is 5.92. The molecule has 0 aliphatic carbocycles. The lowest BCUT2D eigenvalue weighted by Crippen LogP contribution is -2.45. The summed E-state index contributed by atoms with van der Waals surface area (Å²) in [4.78, 5) is 17.0. The molecule has 2 aromatic rings. The second kappa shape index (κ2) is 7.79. The molecule has 136 valence electrons. The molecule has 0 atom stereocenters. The van der Waals surface area contributed by atoms with Gasteiger partial charge in [-0.3, -0.25) is 14.4 Å². The molecule has 0 bridgehead atoms. The quantitative estimate of drug-likeness (QED) is 0.833. The molecule has 0 spiro atoms. The van der Waals surface area contributed by atoms with Gasteiger partial charge >= 0.3 is 0 Å². The minimum absolute atomic E-state index is 0.232. The van der Waals surface area contributed by atoms with Gasteiger partial charge in [-0.25, -0.2) is 0 Å². The molecule has 3 heterocycles. The molecular formula is C17H26N6O2. The number of hydrogen-bond donors (Lipinski definition) is 1. The van der Waals surface area contributed by atoms with E-state index < -0.39 is 0 Å². The SMILES string of the molecule is CCN1CCN(Cc2cc(C(=O)NCc3cc(C)nn3C)no2)CC1. The van der Waals surface area contributed by atoms with Gasteiger partial charge in [0.2, 0.25) is 0 Å². The predicted octanol–water partition coefficient (Wildman–Crippen LogP) is 0.784. The van der Waals surface area contributed by atoms with Crippen molar-refractivity contribution in [3.8, 4) is 0 Å². The van der Waals surface area contributed by atoms with Gasteiger partial charge in [0.1, 0.15) is 0 Å². The van der Waals surface area contributed by atoms with Gasteiger partial charge in [-0.2, -0.15) is 5.10 Å². The van der Waals surface area contributed by atoms with Crippen LogP contribution in [0.1, 0.15) is 34.6 Å². The van der Waals surface area contributed by atoms with Crippen molar-refractivity contribution in [2.24, 2.45) is 7.05 Å². The fourth-order valence-corrected chi connectivity index (χ4v) is 3.07. The predicted molar refractivity (Wildman–Crippen MR) is 93.0 cm³/mol. The first-order valence-electron chi connectivity index (χ1n) is 8.73. The zero-order valence-corrected chi connectivity index (χ0v) is 15.2. The summed E-state index contributed by atoms with van der Waals surface area (Å²) >= 11 is 0. The van der Waals surface area contributed by atoms with E-state index >= 15 is 0 Å². The second-order valence-electron chi connectivity index (χ2n) is 6.47. The molecular weight excluding hydrogens is 320 g/mol. The number of aryl methyl sites for hydroxylation is 2. The molecule has 1 aliphatic heterocycles. The van der Waals surface area contributed by atoms with Crippen LogP contribution in [0.3, 0.4) is 0 Å². The van der Waals surface area contributed by atoms with E-state index in [1.807, 2.05) is 20.0 Å². The van der Waals surface area contributed by atoms with Crippen LogP contribution in [0.5, 0.6) is 0 Å². The molecule has 3 rings (SSSR count). The molecule has 1 saturated heterocycles. The van der Waals surface area contributed by atoms with E-state index in [9.17, 15) is 4.79 Å². The van der Waals surface area contributed by atoms with Crippen molar-refractivity contribution in [1.82, 2.24) is 30.1 Å². The smallest absolute Gasteiger partial charge is 0.273 e. The standard InChI is InChI=1S/C17H26N6O2/c1-4-22-5-7-23(8-6-22)12-15-10-16(20-25-15)17(24)18-11-14-9-13(2)19-21(14)3/h9-10H,4-8,11-12H2,1-3H3,(H,18,24). The third-order valence-electron chi connectivity index (χ3n) is 4.61. The Balaban J connectivity index is 1.50. The number of nitrogens with zero attached hydrogens (tertiary/aromatic N) is 5. The first-order valence-corrected chi connectivity index (χ1v) is 8.73. The van der Waals surface area contributed by atoms with Crippen LogP contribution in [0.25, 0.3) is 0 Å². The van der Waals surface area contributed by atoms with Crippen molar-refractivity contribution in [2.75, 3.05) is 32.7 Å². The maximum Gasteiger partial charge on any atom is 0.273 e. The van der Waals surface area contributed by atoms with E-state index in [2.05, 4.69) is 32.3 Å². The Hall–Kier alpha value is -2.19. The van der Waals surface area contributed by atoms with Crippen molar-refractivity contribution < 1.29 is 9.32 Å². The average Bonchev–Trinajstić information content (AvgIpc) is 3.19. The number of aromatic nitrogens is 3. The van der Waals surface area contributed by atoms with Crippen LogP contribution in [0, 0.1) is 6.92 Å². The molecule has 1 aliphatic rings. The fourth-order valence-electron chi connectivity index (χ4n) is 3.07. The summed E-state index contributed by atoms with van der Waals surface area (Å²) in [5.41, 5.74) is 2.20. The van der Waals surface area contributed by atoms with E-state index in [0.29, 0.717) is 18.8 Å². The largest absolute Gasteiger partial charge is 0.359 e. The van der Waals surface area contributed by atoms with Crippen molar-refractivity contribution in [3.05, 3.63) is 35.0 Å². The normalized spacial score (nSPS) is 16.3. The Morgan fingerprint density at radius 2 is 1.96 bits per heavy atom. The number of likely N-dealkylation sites (N-methyl/N-ethyl adjacent to an activating group) is 1. The van der Waals surface area contributed by atoms with Crippen LogP contribution in [0.4, 0.5) is 0 Å². The van der Waals surface area contributed by atoms with Gasteiger partial charge in [0, 0.05) is 39.3 Å². The summed E-state index contributed by atoms with van der Waals surface area (Å²) in [5, 5.41) is 11.0. The summed E-state index contributed by atoms with van der Waals surface area (Å²) in [6.07, 6.45) is 0. The van der Waals surface area contributed by atoms with Crippen LogP contribution in [-0.4, -0.2) is 63.4 Å². The highest BCUT2D eigenvalue weighted by Crippen LogP contribution is 2.10. The Labute approximate surface area is 147 Å². The van der Waals surface area contributed by atoms with Crippen LogP contribution in [0.15, 0.2) is 16.7 Å². The molecule has 0 unspecified atom stereocenters. The molecule has 0 saturated carbocycles. The zero-order chi connectivity index (χ0) is 17.8. The van der Waals surface area contributed by atoms with Crippen molar-refractivity contribution in [3.63, 3.8) is 0 Å². The van der Waals surface area contributed by atoms with E-state index in [0.717, 1.165) is 49.9 Å². The Morgan fingerprint density at radius 3 is 2.60 bits per heavy atom. The maximum absolute atomic E-state index is 12.2. The van der Waals surface area contributed by atoms with Crippen LogP contribution in [-0.2, 0) is 20.1 Å². The van der Waals surface area contributed by atoms with Gasteiger partial charge in [-0.15, -0.1) is 0 Å². The van der Waals surface area contributed by atoms with Gasteiger partial charge in [0.15, 0.2) is 11.5 Å². The van der Waals surface area contributed by atoms with E-state index in [-0.39, 0.29) is 5.91 Å². The van der Waals surface area contributed by atoms with Gasteiger partial charge in [0.05, 0.1) is 24.5 Å². The topological polar surface area (TPSA) is 79.4 Å². The Bertz CT molecular complexity index is 715. The lowest BCUT2D eigenvalue weighted by molar-refractivity contribution is 0.0940. The summed E-state index contributed by atoms with van der Waals surface area (Å²) < 4.78 is 7.10. The third kappa shape index (κ3) is 4.46. The first-order chi connectivity index (χ1) is 12.0. The van der Waals surface area contributed by atoms with Gasteiger partial charge < -0.3 is 14.7 Å². The third-order valence-corrected chi connectivity index (χ3v) is 4.61. The average molecular weight is 346 g/mol. The first kappa shape index (κ1) is 17.6. The molecule has 2 aromatic heterocycles. The minimum Gasteiger partial charge on any atom is -0.359 e. The molecule has 25 heavy (non-hydrogen) atoms. The highest BCUT2D eigenvalue weighted by atomic mass is 16.5. The summed E-state index contributed by atoms with van der Waals surface area (Å²) in [6, 6.07) is 3.68. The highest BCUT2D eigenvalue weighted by Gasteiger charge is 2.19. The maximum atomic E-state index is 12.2. The number of nitrogens with one attached hydrogen (secondary N) is 1. The minimum atomic E-state index is -0.232. The van der Waals surface area contributed by atoms with Crippen LogP contribution < -0.4 is 5.32 Å². The van der Waals surface area contributed by atoms with Gasteiger partial charge in [-0.05, 0) is 19.5 Å². The van der Waals surface area contributed by atoms with Crippen molar-refractivity contribution >= 4 is 5.91 Å². The monoisotopic (exact) mass is 346 g/mol. The zero-order valence-electron chi connectivity index (χ0n) is 15.2. The van der Waals surface area contributed by atoms with Crippen LogP contribution in [0.2, 0.25) is 0 Å². The molecule has 0 aromatic carbocycles. The summed E-state index contributed by atoms with van der Waals surface area (Å²) in [6.45, 7) is 10.5. The number of hydrogen-bond acceptors (Lipinski definition) is 6. The van der Waals surface area contributed by atoms with E-state index in [4.69, 9.17) is 4.52 Å². The van der Waals surface area contributed by atoms with E-state index in [1.165, 1.54) is 0 Å². The van der Waals surface area contributed by atoms with Gasteiger partial charge in [0.25, 0.3) is 5.91 Å². The number of rotatable bonds is 6. The molecule has 8 nitrogen and oxygen atoms in total. The van der Waals surface area contributed by atoms with Gasteiger partial charge in [-0.1, -0.05) is 12.1 Å². The number of piperazine rings is 1. The Morgan fingerprint density at radius 1 is 1.24 bits per heavy atom. The van der Waals surface area contributed by atoms with Crippen molar-refractivity contribution in [1.29, 1.82) is 0 Å². The summed E-state index contributed by atoms with van der Waals surface area (Å²) in [5.74, 6) is 0.496. The van der Waals surface area contributed by atoms with Crippen molar-refractivity contribution in [2.45, 2.75) is 26.9 Å². The number of carbonyl (C=O) groups is 1. The molecule has 1 fully saturated rings. The molecule has 1 N–H and O–H groups in total. The molecule has 8 heteroatoms. The molecule has 1 amide bonds. The van der Waals surface area contributed by atoms with Crippen LogP contribution >= 0.6 is 0 Å². The second-order valence-corrected chi connectivity index (χ2v) is 6.47. The fraction of sp³-hybridized carbons (Fsp3) is 0.588. The number of amides is 1. The Kier molecular flexibility index (Phi) is 5.50. The van der Waals surface area contributed by atoms with E-state index in [1.54, 1.807) is 10.7 Å². The molecule has 0 radical (unpaired) electrons.